The molecule has 0 aliphatic heterocycles. The Balaban J connectivity index is 2.46. The van der Waals surface area contributed by atoms with Gasteiger partial charge in [0.25, 0.3) is 0 Å². The zero-order valence-electron chi connectivity index (χ0n) is 10.2. The second-order valence-corrected chi connectivity index (χ2v) is 5.54. The van der Waals surface area contributed by atoms with E-state index >= 15 is 0 Å². The van der Waals surface area contributed by atoms with Crippen LogP contribution in [0, 0.1) is 12.7 Å². The molecule has 1 atom stereocenters. The molecule has 2 aromatic rings. The van der Waals surface area contributed by atoms with Crippen molar-refractivity contribution in [2.24, 2.45) is 0 Å². The number of thiophene rings is 1. The minimum absolute atomic E-state index is 0.265. The van der Waals surface area contributed by atoms with Crippen molar-refractivity contribution >= 4 is 22.9 Å². The Morgan fingerprint density at radius 3 is 2.83 bits per heavy atom. The van der Waals surface area contributed by atoms with Gasteiger partial charge in [-0.3, -0.25) is 0 Å². The quantitative estimate of drug-likeness (QED) is 0.880. The predicted octanol–water partition coefficient (Wildman–Crippen LogP) is 4.49. The highest BCUT2D eigenvalue weighted by atomic mass is 35.5. The van der Waals surface area contributed by atoms with Crippen LogP contribution >= 0.6 is 22.9 Å². The Bertz CT molecular complexity index is 565. The van der Waals surface area contributed by atoms with Crippen molar-refractivity contribution in [1.29, 1.82) is 0 Å². The zero-order valence-corrected chi connectivity index (χ0v) is 11.8. The van der Waals surface area contributed by atoms with E-state index < -0.39 is 6.10 Å². The average Bonchev–Trinajstić information content (AvgIpc) is 2.81. The van der Waals surface area contributed by atoms with E-state index in [0.717, 1.165) is 16.9 Å². The minimum Gasteiger partial charge on any atom is -0.383 e. The van der Waals surface area contributed by atoms with Gasteiger partial charge in [-0.05, 0) is 48.1 Å². The van der Waals surface area contributed by atoms with Crippen LogP contribution in [0.5, 0.6) is 0 Å². The van der Waals surface area contributed by atoms with Gasteiger partial charge in [0, 0.05) is 15.5 Å². The van der Waals surface area contributed by atoms with Crippen LogP contribution in [0.15, 0.2) is 23.6 Å². The summed E-state index contributed by atoms with van der Waals surface area (Å²) >= 11 is 7.51. The van der Waals surface area contributed by atoms with E-state index in [2.05, 4.69) is 0 Å². The van der Waals surface area contributed by atoms with Gasteiger partial charge in [-0.15, -0.1) is 11.3 Å². The first kappa shape index (κ1) is 13.5. The molecule has 0 spiro atoms. The van der Waals surface area contributed by atoms with Gasteiger partial charge in [0.05, 0.1) is 0 Å². The van der Waals surface area contributed by atoms with E-state index in [4.69, 9.17) is 11.6 Å². The maximum atomic E-state index is 13.3. The van der Waals surface area contributed by atoms with E-state index in [-0.39, 0.29) is 10.8 Å². The van der Waals surface area contributed by atoms with Gasteiger partial charge in [0.2, 0.25) is 0 Å². The SMILES string of the molecule is CCc1ccsc1C(O)c1cc(C)c(F)cc1Cl. The number of hydrogen-bond acceptors (Lipinski definition) is 2. The fraction of sp³-hybridized carbons (Fsp3) is 0.286. The van der Waals surface area contributed by atoms with E-state index in [0.29, 0.717) is 11.1 Å². The largest absolute Gasteiger partial charge is 0.383 e. The van der Waals surface area contributed by atoms with Crippen LogP contribution in [-0.4, -0.2) is 5.11 Å². The summed E-state index contributed by atoms with van der Waals surface area (Å²) in [5.74, 6) is -0.349. The van der Waals surface area contributed by atoms with Crippen molar-refractivity contribution < 1.29 is 9.50 Å². The van der Waals surface area contributed by atoms with Gasteiger partial charge in [0.15, 0.2) is 0 Å². The van der Waals surface area contributed by atoms with Gasteiger partial charge in [-0.25, -0.2) is 4.39 Å². The second kappa shape index (κ2) is 5.39. The fourth-order valence-electron chi connectivity index (χ4n) is 1.91. The monoisotopic (exact) mass is 284 g/mol. The van der Waals surface area contributed by atoms with Crippen LogP contribution in [0.2, 0.25) is 5.02 Å². The molecule has 0 fully saturated rings. The van der Waals surface area contributed by atoms with Crippen molar-refractivity contribution in [2.75, 3.05) is 0 Å². The number of benzene rings is 1. The molecule has 0 amide bonds. The lowest BCUT2D eigenvalue weighted by Gasteiger charge is -2.14. The normalized spacial score (nSPS) is 12.7. The molecule has 2 rings (SSSR count). The van der Waals surface area contributed by atoms with E-state index in [1.54, 1.807) is 13.0 Å². The highest BCUT2D eigenvalue weighted by molar-refractivity contribution is 7.10. The maximum Gasteiger partial charge on any atom is 0.127 e. The molecule has 1 N–H and O–H groups in total. The predicted molar refractivity (Wildman–Crippen MR) is 73.9 cm³/mol. The fourth-order valence-corrected chi connectivity index (χ4v) is 3.16. The first-order valence-corrected chi connectivity index (χ1v) is 7.00. The van der Waals surface area contributed by atoms with Crippen molar-refractivity contribution in [3.8, 4) is 0 Å². The Morgan fingerprint density at radius 1 is 1.44 bits per heavy atom. The van der Waals surface area contributed by atoms with Crippen LogP contribution in [0.25, 0.3) is 0 Å². The molecule has 1 unspecified atom stereocenters. The Hall–Kier alpha value is -0.900. The maximum absolute atomic E-state index is 13.3. The molecular weight excluding hydrogens is 271 g/mol. The molecule has 4 heteroatoms. The molecule has 0 aliphatic carbocycles. The molecule has 1 aromatic carbocycles. The van der Waals surface area contributed by atoms with Crippen molar-refractivity contribution in [3.05, 3.63) is 56.0 Å². The molecule has 0 saturated heterocycles. The number of halogens is 2. The number of rotatable bonds is 3. The Kier molecular flexibility index (Phi) is 4.05. The molecule has 1 nitrogen and oxygen atoms in total. The minimum atomic E-state index is -0.785. The molecule has 1 heterocycles. The molecule has 96 valence electrons. The summed E-state index contributed by atoms with van der Waals surface area (Å²) in [5, 5.41) is 12.6. The highest BCUT2D eigenvalue weighted by Gasteiger charge is 2.19. The topological polar surface area (TPSA) is 20.2 Å². The molecule has 18 heavy (non-hydrogen) atoms. The van der Waals surface area contributed by atoms with Gasteiger partial charge in [-0.1, -0.05) is 18.5 Å². The van der Waals surface area contributed by atoms with E-state index in [1.165, 1.54) is 17.4 Å². The van der Waals surface area contributed by atoms with Crippen LogP contribution in [0.4, 0.5) is 4.39 Å². The summed E-state index contributed by atoms with van der Waals surface area (Å²) in [5.41, 5.74) is 2.15. The Morgan fingerprint density at radius 2 is 2.17 bits per heavy atom. The smallest absolute Gasteiger partial charge is 0.127 e. The Labute approximate surface area is 115 Å². The van der Waals surface area contributed by atoms with E-state index in [9.17, 15) is 9.50 Å². The molecule has 0 saturated carbocycles. The lowest BCUT2D eigenvalue weighted by Crippen LogP contribution is -2.02. The summed E-state index contributed by atoms with van der Waals surface area (Å²) in [6.07, 6.45) is 0.0694. The third-order valence-electron chi connectivity index (χ3n) is 2.98. The highest BCUT2D eigenvalue weighted by Crippen LogP contribution is 2.34. The summed E-state index contributed by atoms with van der Waals surface area (Å²) in [6, 6.07) is 4.86. The molecule has 1 aromatic heterocycles. The van der Waals surface area contributed by atoms with Crippen LogP contribution in [-0.2, 0) is 6.42 Å². The number of aryl methyl sites for hydroxylation is 2. The molecule has 0 bridgehead atoms. The summed E-state index contributed by atoms with van der Waals surface area (Å²) in [7, 11) is 0. The zero-order chi connectivity index (χ0) is 13.3. The summed E-state index contributed by atoms with van der Waals surface area (Å²) < 4.78 is 13.3. The van der Waals surface area contributed by atoms with Gasteiger partial charge < -0.3 is 5.11 Å². The number of hydrogen-bond donors (Lipinski definition) is 1. The summed E-state index contributed by atoms with van der Waals surface area (Å²) in [6.45, 7) is 3.70. The lowest BCUT2D eigenvalue weighted by molar-refractivity contribution is 0.223. The van der Waals surface area contributed by atoms with Crippen molar-refractivity contribution in [1.82, 2.24) is 0 Å². The first-order chi connectivity index (χ1) is 8.54. The van der Waals surface area contributed by atoms with E-state index in [1.807, 2.05) is 18.4 Å². The third kappa shape index (κ3) is 2.44. The van der Waals surface area contributed by atoms with Crippen molar-refractivity contribution in [2.45, 2.75) is 26.4 Å². The molecule has 0 aliphatic rings. The standard InChI is InChI=1S/C14H14ClFOS/c1-3-9-4-5-18-14(9)13(17)10-6-8(2)12(16)7-11(10)15/h4-7,13,17H,3H2,1-2H3. The summed E-state index contributed by atoms with van der Waals surface area (Å²) in [4.78, 5) is 0.880. The van der Waals surface area contributed by atoms with Crippen LogP contribution < -0.4 is 0 Å². The molecule has 0 radical (unpaired) electrons. The van der Waals surface area contributed by atoms with Crippen molar-refractivity contribution in [3.63, 3.8) is 0 Å². The first-order valence-electron chi connectivity index (χ1n) is 5.74. The lowest BCUT2D eigenvalue weighted by atomic mass is 10.0. The number of aliphatic hydroxyl groups excluding tert-OH is 1. The average molecular weight is 285 g/mol. The van der Waals surface area contributed by atoms with Crippen LogP contribution in [0.3, 0.4) is 0 Å². The van der Waals surface area contributed by atoms with Gasteiger partial charge in [-0.2, -0.15) is 0 Å². The van der Waals surface area contributed by atoms with Gasteiger partial charge in [0.1, 0.15) is 11.9 Å². The second-order valence-electron chi connectivity index (χ2n) is 4.19. The third-order valence-corrected chi connectivity index (χ3v) is 4.32. The van der Waals surface area contributed by atoms with Gasteiger partial charge >= 0.3 is 0 Å². The number of aliphatic hydroxyl groups is 1. The molecular formula is C14H14ClFOS. The van der Waals surface area contributed by atoms with Crippen LogP contribution in [0.1, 0.15) is 34.6 Å².